The number of rotatable bonds is 4. The normalized spacial score (nSPS) is 19.9. The first-order valence-corrected chi connectivity index (χ1v) is 9.14. The maximum atomic E-state index is 11.5. The van der Waals surface area contributed by atoms with Gasteiger partial charge in [-0.15, -0.1) is 11.6 Å². The number of hydrogen-bond donors (Lipinski definition) is 0. The summed E-state index contributed by atoms with van der Waals surface area (Å²) in [4.78, 5) is 2.32. The SMILES string of the molecule is C[C@H](c1ccc(CCl)cc1)N1CCN(S(C)(=O)=O)CC1. The number of halogens is 1. The average molecular weight is 317 g/mol. The predicted molar refractivity (Wildman–Crippen MR) is 82.4 cm³/mol. The first kappa shape index (κ1) is 15.8. The van der Waals surface area contributed by atoms with Crippen molar-refractivity contribution in [2.24, 2.45) is 0 Å². The van der Waals surface area contributed by atoms with Crippen molar-refractivity contribution in [1.82, 2.24) is 9.21 Å². The van der Waals surface area contributed by atoms with Gasteiger partial charge in [-0.05, 0) is 18.1 Å². The Morgan fingerprint density at radius 2 is 1.70 bits per heavy atom. The third-order valence-electron chi connectivity index (χ3n) is 3.91. The number of nitrogens with zero attached hydrogens (tertiary/aromatic N) is 2. The van der Waals surface area contributed by atoms with Gasteiger partial charge in [-0.3, -0.25) is 4.90 Å². The number of benzene rings is 1. The highest BCUT2D eigenvalue weighted by Crippen LogP contribution is 2.22. The Bertz CT molecular complexity index is 537. The highest BCUT2D eigenvalue weighted by atomic mass is 35.5. The summed E-state index contributed by atoms with van der Waals surface area (Å²) in [6.45, 7) is 4.84. The van der Waals surface area contributed by atoms with Crippen molar-refractivity contribution in [3.63, 3.8) is 0 Å². The van der Waals surface area contributed by atoms with E-state index < -0.39 is 10.0 Å². The molecule has 0 spiro atoms. The summed E-state index contributed by atoms with van der Waals surface area (Å²) in [6.07, 6.45) is 1.27. The van der Waals surface area contributed by atoms with Crippen molar-refractivity contribution in [2.75, 3.05) is 32.4 Å². The summed E-state index contributed by atoms with van der Waals surface area (Å²) in [5.41, 5.74) is 2.36. The van der Waals surface area contributed by atoms with E-state index in [-0.39, 0.29) is 0 Å². The predicted octanol–water partition coefficient (Wildman–Crippen LogP) is 2.06. The molecule has 1 atom stereocenters. The second-order valence-electron chi connectivity index (χ2n) is 5.25. The Morgan fingerprint density at radius 1 is 1.15 bits per heavy atom. The molecule has 6 heteroatoms. The van der Waals surface area contributed by atoms with Gasteiger partial charge in [0.25, 0.3) is 0 Å². The van der Waals surface area contributed by atoms with E-state index in [1.807, 2.05) is 12.1 Å². The van der Waals surface area contributed by atoms with Crippen molar-refractivity contribution in [3.8, 4) is 0 Å². The summed E-state index contributed by atoms with van der Waals surface area (Å²) < 4.78 is 24.5. The minimum atomic E-state index is -3.06. The van der Waals surface area contributed by atoms with Gasteiger partial charge >= 0.3 is 0 Å². The van der Waals surface area contributed by atoms with Gasteiger partial charge in [0.05, 0.1) is 6.26 Å². The van der Waals surface area contributed by atoms with Gasteiger partial charge in [0.2, 0.25) is 10.0 Å². The summed E-state index contributed by atoms with van der Waals surface area (Å²) in [5, 5.41) is 0. The molecule has 1 heterocycles. The van der Waals surface area contributed by atoms with E-state index in [4.69, 9.17) is 11.6 Å². The van der Waals surface area contributed by atoms with Crippen molar-refractivity contribution in [1.29, 1.82) is 0 Å². The van der Waals surface area contributed by atoms with Gasteiger partial charge in [0.1, 0.15) is 0 Å². The molecule has 112 valence electrons. The van der Waals surface area contributed by atoms with Gasteiger partial charge in [-0.25, -0.2) is 8.42 Å². The summed E-state index contributed by atoms with van der Waals surface area (Å²) in [7, 11) is -3.06. The van der Waals surface area contributed by atoms with E-state index in [0.717, 1.165) is 18.7 Å². The topological polar surface area (TPSA) is 40.6 Å². The molecule has 0 amide bonds. The summed E-state index contributed by atoms with van der Waals surface area (Å²) >= 11 is 5.79. The molecule has 0 aliphatic carbocycles. The fraction of sp³-hybridized carbons (Fsp3) is 0.571. The molecule has 1 aliphatic rings. The molecule has 0 bridgehead atoms. The molecule has 0 aromatic heterocycles. The fourth-order valence-corrected chi connectivity index (χ4v) is 3.52. The zero-order valence-corrected chi connectivity index (χ0v) is 13.5. The second-order valence-corrected chi connectivity index (χ2v) is 7.50. The molecule has 0 unspecified atom stereocenters. The quantitative estimate of drug-likeness (QED) is 0.798. The largest absolute Gasteiger partial charge is 0.294 e. The minimum absolute atomic E-state index is 0.293. The van der Waals surface area contributed by atoms with Crippen molar-refractivity contribution in [2.45, 2.75) is 18.8 Å². The van der Waals surface area contributed by atoms with Crippen LogP contribution in [0, 0.1) is 0 Å². The molecule has 1 saturated heterocycles. The molecule has 1 aliphatic heterocycles. The third-order valence-corrected chi connectivity index (χ3v) is 5.52. The molecule has 0 saturated carbocycles. The molecule has 1 aromatic rings. The molecule has 2 rings (SSSR count). The number of piperazine rings is 1. The Morgan fingerprint density at radius 3 is 2.15 bits per heavy atom. The molecule has 1 fully saturated rings. The highest BCUT2D eigenvalue weighted by Gasteiger charge is 2.26. The standard InChI is InChI=1S/C14H21ClN2O2S/c1-12(14-5-3-13(11-15)4-6-14)16-7-9-17(10-8-16)20(2,18)19/h3-6,12H,7-11H2,1-2H3/t12-/m1/s1. The van der Waals surface area contributed by atoms with Crippen LogP contribution in [0.4, 0.5) is 0 Å². The van der Waals surface area contributed by atoms with E-state index >= 15 is 0 Å². The zero-order chi connectivity index (χ0) is 14.8. The van der Waals surface area contributed by atoms with Crippen LogP contribution in [0.5, 0.6) is 0 Å². The maximum absolute atomic E-state index is 11.5. The van der Waals surface area contributed by atoms with Gasteiger partial charge in [-0.1, -0.05) is 24.3 Å². The van der Waals surface area contributed by atoms with Crippen LogP contribution < -0.4 is 0 Å². The lowest BCUT2D eigenvalue weighted by Crippen LogP contribution is -2.48. The Kier molecular flexibility index (Phi) is 5.07. The molecule has 1 aromatic carbocycles. The summed E-state index contributed by atoms with van der Waals surface area (Å²) in [5.74, 6) is 0.529. The lowest BCUT2D eigenvalue weighted by Gasteiger charge is -2.37. The van der Waals surface area contributed by atoms with Crippen molar-refractivity contribution < 1.29 is 8.42 Å². The van der Waals surface area contributed by atoms with Crippen LogP contribution in [0.1, 0.15) is 24.1 Å². The number of alkyl halides is 1. The second kappa shape index (κ2) is 6.43. The van der Waals surface area contributed by atoms with Gasteiger partial charge in [-0.2, -0.15) is 4.31 Å². The molecule has 4 nitrogen and oxygen atoms in total. The van der Waals surface area contributed by atoms with Crippen molar-refractivity contribution >= 4 is 21.6 Å². The molecular weight excluding hydrogens is 296 g/mol. The first-order chi connectivity index (χ1) is 9.41. The van der Waals surface area contributed by atoms with Crippen LogP contribution in [0.15, 0.2) is 24.3 Å². The van der Waals surface area contributed by atoms with Crippen LogP contribution in [-0.4, -0.2) is 50.1 Å². The van der Waals surface area contributed by atoms with Crippen LogP contribution in [0.3, 0.4) is 0 Å². The first-order valence-electron chi connectivity index (χ1n) is 6.76. The van der Waals surface area contributed by atoms with E-state index in [9.17, 15) is 8.42 Å². The molecular formula is C14H21ClN2O2S. The lowest BCUT2D eigenvalue weighted by atomic mass is 10.0. The molecule has 20 heavy (non-hydrogen) atoms. The van der Waals surface area contributed by atoms with Gasteiger partial charge < -0.3 is 0 Å². The van der Waals surface area contributed by atoms with E-state index in [1.54, 1.807) is 4.31 Å². The maximum Gasteiger partial charge on any atom is 0.211 e. The van der Waals surface area contributed by atoms with Gasteiger partial charge in [0.15, 0.2) is 0 Å². The monoisotopic (exact) mass is 316 g/mol. The number of hydrogen-bond acceptors (Lipinski definition) is 3. The number of sulfonamides is 1. The lowest BCUT2D eigenvalue weighted by molar-refractivity contribution is 0.146. The summed E-state index contributed by atoms with van der Waals surface area (Å²) in [6, 6.07) is 8.59. The molecule has 0 radical (unpaired) electrons. The molecule has 0 N–H and O–H groups in total. The zero-order valence-electron chi connectivity index (χ0n) is 11.9. The smallest absolute Gasteiger partial charge is 0.211 e. The van der Waals surface area contributed by atoms with E-state index in [0.29, 0.717) is 25.0 Å². The van der Waals surface area contributed by atoms with Gasteiger partial charge in [0, 0.05) is 38.1 Å². The highest BCUT2D eigenvalue weighted by molar-refractivity contribution is 7.88. The van der Waals surface area contributed by atoms with Crippen LogP contribution in [-0.2, 0) is 15.9 Å². The Hall–Kier alpha value is -0.620. The van der Waals surface area contributed by atoms with Crippen LogP contribution in [0.2, 0.25) is 0 Å². The van der Waals surface area contributed by atoms with Crippen molar-refractivity contribution in [3.05, 3.63) is 35.4 Å². The van der Waals surface area contributed by atoms with Crippen LogP contribution >= 0.6 is 11.6 Å². The third kappa shape index (κ3) is 3.73. The van der Waals surface area contributed by atoms with Crippen LogP contribution in [0.25, 0.3) is 0 Å². The van der Waals surface area contributed by atoms with E-state index in [1.165, 1.54) is 11.8 Å². The minimum Gasteiger partial charge on any atom is -0.294 e. The Balaban J connectivity index is 1.99. The average Bonchev–Trinajstić information content (AvgIpc) is 2.46. The Labute approximate surface area is 126 Å². The van der Waals surface area contributed by atoms with E-state index in [2.05, 4.69) is 24.0 Å². The fourth-order valence-electron chi connectivity index (χ4n) is 2.52.